The number of allylic oxidation sites excluding steroid dienone is 5. The topological polar surface area (TPSA) is 41.1 Å². The quantitative estimate of drug-likeness (QED) is 0.688. The minimum Gasteiger partial charge on any atom is -0.302 e. The van der Waals surface area contributed by atoms with Crippen molar-refractivity contribution in [2.75, 3.05) is 0 Å². The van der Waals surface area contributed by atoms with Crippen LogP contribution in [0.25, 0.3) is 0 Å². The molecule has 0 aromatic rings. The van der Waals surface area contributed by atoms with Crippen molar-refractivity contribution in [3.8, 4) is 0 Å². The zero-order valence-corrected chi connectivity index (χ0v) is 8.98. The van der Waals surface area contributed by atoms with Crippen molar-refractivity contribution in [2.45, 2.75) is 20.3 Å². The van der Waals surface area contributed by atoms with Gasteiger partial charge in [0, 0.05) is 24.1 Å². The van der Waals surface area contributed by atoms with E-state index in [1.165, 1.54) is 6.92 Å². The average molecular weight is 213 g/mol. The van der Waals surface area contributed by atoms with Crippen molar-refractivity contribution in [1.82, 2.24) is 10.9 Å². The number of carbonyl (C=O) groups excluding carboxylic acids is 1. The highest BCUT2D eigenvalue weighted by Crippen LogP contribution is 2.18. The molecule has 0 aliphatic heterocycles. The van der Waals surface area contributed by atoms with Gasteiger partial charge in [0.2, 0.25) is 5.91 Å². The van der Waals surface area contributed by atoms with E-state index in [0.29, 0.717) is 5.03 Å². The third kappa shape index (κ3) is 3.26. The highest BCUT2D eigenvalue weighted by Gasteiger charge is 2.02. The van der Waals surface area contributed by atoms with Crippen LogP contribution in [0.1, 0.15) is 20.3 Å². The normalized spacial score (nSPS) is 16.1. The lowest BCUT2D eigenvalue weighted by molar-refractivity contribution is -0.119. The summed E-state index contributed by atoms with van der Waals surface area (Å²) in [7, 11) is 0. The van der Waals surface area contributed by atoms with Crippen molar-refractivity contribution in [3.63, 3.8) is 0 Å². The lowest BCUT2D eigenvalue weighted by Gasteiger charge is -2.08. The van der Waals surface area contributed by atoms with E-state index in [1.54, 1.807) is 0 Å². The molecule has 4 heteroatoms. The largest absolute Gasteiger partial charge is 0.302 e. The summed E-state index contributed by atoms with van der Waals surface area (Å²) < 4.78 is 0. The van der Waals surface area contributed by atoms with Crippen LogP contribution in [0.5, 0.6) is 0 Å². The number of nitrogens with one attached hydrogen (secondary N) is 2. The standard InChI is InChI=1S/C10H13ClN2O/c1-7-4-3-5-9(6-10(7)11)13-12-8(2)14/h3-4,6,13H,5H2,1-2H3,(H,12,14). The van der Waals surface area contributed by atoms with Gasteiger partial charge in [0.1, 0.15) is 0 Å². The van der Waals surface area contributed by atoms with Crippen LogP contribution in [0.15, 0.2) is 34.5 Å². The van der Waals surface area contributed by atoms with Crippen molar-refractivity contribution in [1.29, 1.82) is 0 Å². The Balaban J connectivity index is 2.67. The number of hydrogen-bond donors (Lipinski definition) is 2. The van der Waals surface area contributed by atoms with Crippen LogP contribution in [0.2, 0.25) is 0 Å². The van der Waals surface area contributed by atoms with E-state index in [4.69, 9.17) is 11.6 Å². The van der Waals surface area contributed by atoms with E-state index in [9.17, 15) is 4.79 Å². The maximum atomic E-state index is 10.7. The number of halogens is 1. The molecule has 0 atom stereocenters. The number of rotatable bonds is 2. The van der Waals surface area contributed by atoms with Crippen molar-refractivity contribution >= 4 is 17.5 Å². The van der Waals surface area contributed by atoms with Crippen LogP contribution in [-0.2, 0) is 4.79 Å². The molecule has 0 aromatic heterocycles. The number of hydrogen-bond acceptors (Lipinski definition) is 2. The molecule has 0 saturated carbocycles. The Kier molecular flexibility index (Phi) is 3.77. The highest BCUT2D eigenvalue weighted by molar-refractivity contribution is 6.31. The molecular formula is C10H13ClN2O. The summed E-state index contributed by atoms with van der Waals surface area (Å²) in [4.78, 5) is 10.7. The maximum Gasteiger partial charge on any atom is 0.235 e. The number of carbonyl (C=O) groups is 1. The Hall–Kier alpha value is -1.22. The fraction of sp³-hybridized carbons (Fsp3) is 0.300. The van der Waals surface area contributed by atoms with E-state index in [-0.39, 0.29) is 5.91 Å². The first-order valence-corrected chi connectivity index (χ1v) is 4.73. The minimum absolute atomic E-state index is 0.129. The maximum absolute atomic E-state index is 10.7. The van der Waals surface area contributed by atoms with Gasteiger partial charge in [-0.2, -0.15) is 0 Å². The summed E-state index contributed by atoms with van der Waals surface area (Å²) in [6.45, 7) is 3.39. The Morgan fingerprint density at radius 1 is 1.57 bits per heavy atom. The number of amides is 1. The van der Waals surface area contributed by atoms with E-state index in [1.807, 2.05) is 25.2 Å². The van der Waals surface area contributed by atoms with Crippen LogP contribution < -0.4 is 10.9 Å². The molecule has 0 unspecified atom stereocenters. The summed E-state index contributed by atoms with van der Waals surface area (Å²) in [5.74, 6) is -0.129. The van der Waals surface area contributed by atoms with Gasteiger partial charge in [-0.15, -0.1) is 0 Å². The zero-order valence-electron chi connectivity index (χ0n) is 8.23. The Morgan fingerprint density at radius 3 is 2.93 bits per heavy atom. The fourth-order valence-electron chi connectivity index (χ4n) is 1.02. The molecule has 1 aliphatic rings. The van der Waals surface area contributed by atoms with Gasteiger partial charge in [-0.1, -0.05) is 23.8 Å². The lowest BCUT2D eigenvalue weighted by atomic mass is 10.3. The smallest absolute Gasteiger partial charge is 0.235 e. The van der Waals surface area contributed by atoms with Crippen LogP contribution in [0.4, 0.5) is 0 Å². The number of hydrazine groups is 1. The third-order valence-corrected chi connectivity index (χ3v) is 2.19. The first-order chi connectivity index (χ1) is 6.59. The molecule has 0 saturated heterocycles. The molecular weight excluding hydrogens is 200 g/mol. The van der Waals surface area contributed by atoms with E-state index in [0.717, 1.165) is 17.7 Å². The molecule has 0 fully saturated rings. The second kappa shape index (κ2) is 4.86. The van der Waals surface area contributed by atoms with E-state index in [2.05, 4.69) is 10.9 Å². The van der Waals surface area contributed by atoms with Gasteiger partial charge in [-0.05, 0) is 18.6 Å². The fourth-order valence-corrected chi connectivity index (χ4v) is 1.22. The van der Waals surface area contributed by atoms with Crippen molar-refractivity contribution in [3.05, 3.63) is 34.5 Å². The lowest BCUT2D eigenvalue weighted by Crippen LogP contribution is -2.34. The Bertz CT molecular complexity index is 329. The summed E-state index contributed by atoms with van der Waals surface area (Å²) in [5, 5.41) is 0.687. The molecule has 0 heterocycles. The molecule has 76 valence electrons. The molecule has 0 bridgehead atoms. The van der Waals surface area contributed by atoms with Crippen LogP contribution in [0, 0.1) is 0 Å². The molecule has 1 aliphatic carbocycles. The van der Waals surface area contributed by atoms with Gasteiger partial charge in [0.05, 0.1) is 0 Å². The first-order valence-electron chi connectivity index (χ1n) is 4.35. The van der Waals surface area contributed by atoms with Gasteiger partial charge in [0.25, 0.3) is 0 Å². The minimum atomic E-state index is -0.129. The molecule has 3 nitrogen and oxygen atoms in total. The van der Waals surface area contributed by atoms with Crippen molar-refractivity contribution < 1.29 is 4.79 Å². The van der Waals surface area contributed by atoms with Crippen molar-refractivity contribution in [2.24, 2.45) is 0 Å². The summed E-state index contributed by atoms with van der Waals surface area (Å²) in [6.07, 6.45) is 6.49. The van der Waals surface area contributed by atoms with Gasteiger partial charge >= 0.3 is 0 Å². The molecule has 0 aromatic carbocycles. The van der Waals surface area contributed by atoms with Crippen LogP contribution >= 0.6 is 11.6 Å². The van der Waals surface area contributed by atoms with Gasteiger partial charge < -0.3 is 5.43 Å². The summed E-state index contributed by atoms with van der Waals surface area (Å²) in [6, 6.07) is 0. The van der Waals surface area contributed by atoms with E-state index >= 15 is 0 Å². The second-order valence-corrected chi connectivity index (χ2v) is 3.52. The third-order valence-electron chi connectivity index (χ3n) is 1.78. The predicted octanol–water partition coefficient (Wildman–Crippen LogP) is 1.98. The van der Waals surface area contributed by atoms with Crippen LogP contribution in [-0.4, -0.2) is 5.91 Å². The molecule has 0 radical (unpaired) electrons. The van der Waals surface area contributed by atoms with Gasteiger partial charge in [0.15, 0.2) is 0 Å². The molecule has 0 spiro atoms. The highest BCUT2D eigenvalue weighted by atomic mass is 35.5. The Labute approximate surface area is 88.5 Å². The zero-order chi connectivity index (χ0) is 10.6. The summed E-state index contributed by atoms with van der Waals surface area (Å²) >= 11 is 5.98. The van der Waals surface area contributed by atoms with Crippen LogP contribution in [0.3, 0.4) is 0 Å². The predicted molar refractivity (Wildman–Crippen MR) is 57.3 cm³/mol. The second-order valence-electron chi connectivity index (χ2n) is 3.11. The molecule has 1 amide bonds. The first kappa shape index (κ1) is 10.9. The average Bonchev–Trinajstić information content (AvgIpc) is 2.26. The molecule has 1 rings (SSSR count). The van der Waals surface area contributed by atoms with Gasteiger partial charge in [-0.3, -0.25) is 10.2 Å². The molecule has 2 N–H and O–H groups in total. The molecule has 14 heavy (non-hydrogen) atoms. The van der Waals surface area contributed by atoms with E-state index < -0.39 is 0 Å². The van der Waals surface area contributed by atoms with Gasteiger partial charge in [-0.25, -0.2) is 0 Å². The summed E-state index contributed by atoms with van der Waals surface area (Å²) in [5.41, 5.74) is 7.20. The SMILES string of the molecule is CC(=O)NNC1=CC(Cl)=C(C)C=CC1. The monoisotopic (exact) mass is 212 g/mol. The Morgan fingerprint density at radius 2 is 2.29 bits per heavy atom.